The minimum absolute atomic E-state index is 0.115. The molecule has 9 heteroatoms. The molecule has 29 heavy (non-hydrogen) atoms. The van der Waals surface area contributed by atoms with Crippen molar-refractivity contribution in [3.8, 4) is 0 Å². The molecule has 160 valence electrons. The summed E-state index contributed by atoms with van der Waals surface area (Å²) in [4.78, 5) is 28.0. The predicted octanol–water partition coefficient (Wildman–Crippen LogP) is 3.52. The summed E-state index contributed by atoms with van der Waals surface area (Å²) in [6.45, 7) is 5.63. The van der Waals surface area contributed by atoms with Crippen LogP contribution < -0.4 is 5.32 Å². The van der Waals surface area contributed by atoms with Crippen LogP contribution in [-0.2, 0) is 20.7 Å². The van der Waals surface area contributed by atoms with E-state index >= 15 is 0 Å². The Kier molecular flexibility index (Phi) is 9.19. The minimum Gasteiger partial charge on any atom is -0.463 e. The molecule has 0 aliphatic carbocycles. The Morgan fingerprint density at radius 3 is 2.66 bits per heavy atom. The Hall–Kier alpha value is -1.84. The van der Waals surface area contributed by atoms with Gasteiger partial charge in [-0.15, -0.1) is 0 Å². The van der Waals surface area contributed by atoms with E-state index in [-0.39, 0.29) is 19.6 Å². The second-order valence-corrected chi connectivity index (χ2v) is 10.00. The lowest BCUT2D eigenvalue weighted by atomic mass is 10.1. The van der Waals surface area contributed by atoms with E-state index in [1.165, 1.54) is 21.6 Å². The molecule has 0 saturated heterocycles. The van der Waals surface area contributed by atoms with Gasteiger partial charge < -0.3 is 24.9 Å². The number of aliphatic hydroxyl groups is 1. The van der Waals surface area contributed by atoms with Crippen LogP contribution in [0.5, 0.6) is 0 Å². The summed E-state index contributed by atoms with van der Waals surface area (Å²) in [5, 5.41) is 12.4. The van der Waals surface area contributed by atoms with Crippen LogP contribution in [0.3, 0.4) is 0 Å². The van der Waals surface area contributed by atoms with Crippen LogP contribution in [0.4, 0.5) is 4.79 Å². The number of benzene rings is 1. The van der Waals surface area contributed by atoms with E-state index in [0.29, 0.717) is 11.5 Å². The lowest BCUT2D eigenvalue weighted by Crippen LogP contribution is -2.45. The molecule has 0 bridgehead atoms. The molecular weight excluding hydrogens is 412 g/mol. The van der Waals surface area contributed by atoms with E-state index in [1.54, 1.807) is 20.8 Å². The van der Waals surface area contributed by atoms with Gasteiger partial charge in [-0.2, -0.15) is 0 Å². The Bertz CT molecular complexity index is 804. The van der Waals surface area contributed by atoms with Crippen LogP contribution in [0.1, 0.15) is 26.3 Å². The van der Waals surface area contributed by atoms with Crippen LogP contribution in [0.15, 0.2) is 30.5 Å². The number of esters is 1. The van der Waals surface area contributed by atoms with Crippen molar-refractivity contribution in [3.05, 3.63) is 36.0 Å². The monoisotopic (exact) mass is 440 g/mol. The first-order chi connectivity index (χ1) is 13.8. The highest BCUT2D eigenvalue weighted by atomic mass is 33.1. The first-order valence-electron chi connectivity index (χ1n) is 9.36. The largest absolute Gasteiger partial charge is 0.463 e. The van der Waals surface area contributed by atoms with E-state index in [1.807, 2.05) is 30.5 Å². The number of hydrogen-bond donors (Lipinski definition) is 3. The van der Waals surface area contributed by atoms with Gasteiger partial charge in [0.05, 0.1) is 6.61 Å². The quantitative estimate of drug-likeness (QED) is 0.295. The van der Waals surface area contributed by atoms with Crippen molar-refractivity contribution < 1.29 is 24.2 Å². The number of carbonyl (C=O) groups is 2. The van der Waals surface area contributed by atoms with Crippen LogP contribution in [-0.4, -0.2) is 58.5 Å². The molecule has 0 spiro atoms. The number of nitrogens with one attached hydrogen (secondary N) is 2. The number of carbonyl (C=O) groups excluding carboxylic acids is 2. The van der Waals surface area contributed by atoms with Crippen LogP contribution in [0, 0.1) is 0 Å². The van der Waals surface area contributed by atoms with E-state index in [0.717, 1.165) is 16.5 Å². The number of amides is 1. The predicted molar refractivity (Wildman–Crippen MR) is 118 cm³/mol. The summed E-state index contributed by atoms with van der Waals surface area (Å²) in [5.74, 6) is 0.721. The van der Waals surface area contributed by atoms with Crippen molar-refractivity contribution in [2.24, 2.45) is 0 Å². The maximum Gasteiger partial charge on any atom is 0.408 e. The van der Waals surface area contributed by atoms with Gasteiger partial charge in [0.25, 0.3) is 0 Å². The van der Waals surface area contributed by atoms with Gasteiger partial charge in [-0.25, -0.2) is 9.59 Å². The van der Waals surface area contributed by atoms with Crippen molar-refractivity contribution in [1.82, 2.24) is 10.3 Å². The third-order valence-electron chi connectivity index (χ3n) is 3.74. The molecule has 3 N–H and O–H groups in total. The third-order valence-corrected chi connectivity index (χ3v) is 6.09. The van der Waals surface area contributed by atoms with Crippen LogP contribution in [0.2, 0.25) is 0 Å². The second kappa shape index (κ2) is 11.4. The molecule has 7 nitrogen and oxygen atoms in total. The van der Waals surface area contributed by atoms with E-state index in [4.69, 9.17) is 14.6 Å². The van der Waals surface area contributed by atoms with Crippen molar-refractivity contribution in [3.63, 3.8) is 0 Å². The fraction of sp³-hybridized carbons (Fsp3) is 0.500. The average Bonchev–Trinajstić information content (AvgIpc) is 3.05. The molecule has 0 aliphatic rings. The minimum atomic E-state index is -0.862. The Morgan fingerprint density at radius 2 is 1.93 bits per heavy atom. The highest BCUT2D eigenvalue weighted by Crippen LogP contribution is 2.21. The lowest BCUT2D eigenvalue weighted by Gasteiger charge is -2.23. The Morgan fingerprint density at radius 1 is 1.21 bits per heavy atom. The molecule has 2 rings (SSSR count). The molecule has 0 unspecified atom stereocenters. The fourth-order valence-electron chi connectivity index (χ4n) is 2.60. The maximum atomic E-state index is 12.6. The number of aliphatic hydroxyl groups excluding tert-OH is 1. The van der Waals surface area contributed by atoms with E-state index in [2.05, 4.69) is 10.3 Å². The molecule has 1 atom stereocenters. The molecule has 1 amide bonds. The molecule has 1 heterocycles. The summed E-state index contributed by atoms with van der Waals surface area (Å²) in [5.41, 5.74) is 1.20. The number of fused-ring (bicyclic) bond motifs is 1. The van der Waals surface area contributed by atoms with Gasteiger partial charge in [0.1, 0.15) is 18.2 Å². The van der Waals surface area contributed by atoms with Crippen LogP contribution in [0.25, 0.3) is 10.9 Å². The second-order valence-electron chi connectivity index (χ2n) is 7.30. The number of hydrogen-bond acceptors (Lipinski definition) is 7. The third kappa shape index (κ3) is 8.20. The first-order valence-corrected chi connectivity index (χ1v) is 11.9. The van der Waals surface area contributed by atoms with Crippen molar-refractivity contribution in [2.45, 2.75) is 38.8 Å². The van der Waals surface area contributed by atoms with Crippen molar-refractivity contribution in [1.29, 1.82) is 0 Å². The molecule has 0 aliphatic heterocycles. The number of alkyl carbamates (subject to hydrolysis) is 1. The normalized spacial score (nSPS) is 12.6. The molecule has 2 aromatic rings. The average molecular weight is 441 g/mol. The summed E-state index contributed by atoms with van der Waals surface area (Å²) in [6.07, 6.45) is 1.46. The number of rotatable bonds is 10. The SMILES string of the molecule is CC(C)(C)OC(=O)N[C@H](Cc1c[nH]c2ccccc12)C(=O)OCCSSCCO. The fourth-order valence-corrected chi connectivity index (χ4v) is 4.19. The van der Waals surface area contributed by atoms with Crippen molar-refractivity contribution in [2.75, 3.05) is 24.7 Å². The Labute approximate surface area is 178 Å². The zero-order valence-corrected chi connectivity index (χ0v) is 18.5. The molecule has 0 radical (unpaired) electrons. The molecular formula is C20H28N2O5S2. The number of H-pyrrole nitrogens is 1. The van der Waals surface area contributed by atoms with Gasteiger partial charge >= 0.3 is 12.1 Å². The zero-order chi connectivity index (χ0) is 21.3. The van der Waals surface area contributed by atoms with Crippen molar-refractivity contribution >= 4 is 44.6 Å². The summed E-state index contributed by atoms with van der Waals surface area (Å²) >= 11 is 0. The highest BCUT2D eigenvalue weighted by molar-refractivity contribution is 8.76. The van der Waals surface area contributed by atoms with Crippen LogP contribution >= 0.6 is 21.6 Å². The molecule has 1 aromatic heterocycles. The van der Waals surface area contributed by atoms with Gasteiger partial charge in [0.15, 0.2) is 0 Å². The zero-order valence-electron chi connectivity index (χ0n) is 16.9. The standard InChI is InChI=1S/C20H28N2O5S2/c1-20(2,3)27-19(25)22-17(18(24)26-9-11-29-28-10-8-23)12-14-13-21-16-7-5-4-6-15(14)16/h4-7,13,17,21,23H,8-12H2,1-3H3,(H,22,25)/t17-/m1/s1. The molecule has 0 fully saturated rings. The highest BCUT2D eigenvalue weighted by Gasteiger charge is 2.26. The Balaban J connectivity index is 2.02. The van der Waals surface area contributed by atoms with Gasteiger partial charge in [-0.3, -0.25) is 0 Å². The smallest absolute Gasteiger partial charge is 0.408 e. The maximum absolute atomic E-state index is 12.6. The van der Waals surface area contributed by atoms with E-state index < -0.39 is 23.7 Å². The number of aromatic amines is 1. The van der Waals surface area contributed by atoms with E-state index in [9.17, 15) is 9.59 Å². The lowest BCUT2D eigenvalue weighted by molar-refractivity contribution is -0.145. The summed E-state index contributed by atoms with van der Waals surface area (Å²) in [6, 6.07) is 6.91. The first kappa shape index (κ1) is 23.4. The molecule has 1 aromatic carbocycles. The number of ether oxygens (including phenoxy) is 2. The topological polar surface area (TPSA) is 101 Å². The number of aromatic nitrogens is 1. The number of para-hydroxylation sites is 1. The van der Waals surface area contributed by atoms with Gasteiger partial charge in [0.2, 0.25) is 0 Å². The van der Waals surface area contributed by atoms with Gasteiger partial charge in [-0.05, 0) is 32.4 Å². The van der Waals surface area contributed by atoms with Gasteiger partial charge in [0, 0.05) is 35.0 Å². The molecule has 0 saturated carbocycles. The van der Waals surface area contributed by atoms with Gasteiger partial charge in [-0.1, -0.05) is 39.8 Å². The summed E-state index contributed by atoms with van der Waals surface area (Å²) in [7, 11) is 3.04. The summed E-state index contributed by atoms with van der Waals surface area (Å²) < 4.78 is 10.7.